The average molecular weight is 357 g/mol. The lowest BCUT2D eigenvalue weighted by molar-refractivity contribution is 0.938. The van der Waals surface area contributed by atoms with Crippen LogP contribution in [-0.4, -0.2) is 20.9 Å². The standard InChI is InChI=1S/C16H11N3OS3/c1-21-11-6-4-10(5-7-11)9-13-15(20)19-16(23-13)17-14(18-19)12-3-2-8-22-12/h2-9H,1H3. The quantitative estimate of drug-likeness (QED) is 0.529. The van der Waals surface area contributed by atoms with Gasteiger partial charge < -0.3 is 0 Å². The van der Waals surface area contributed by atoms with Gasteiger partial charge >= 0.3 is 0 Å². The van der Waals surface area contributed by atoms with Crippen molar-refractivity contribution in [3.05, 3.63) is 62.2 Å². The van der Waals surface area contributed by atoms with Gasteiger partial charge in [0.1, 0.15) is 0 Å². The van der Waals surface area contributed by atoms with Crippen molar-refractivity contribution in [2.24, 2.45) is 0 Å². The van der Waals surface area contributed by atoms with Gasteiger partial charge in [0.25, 0.3) is 5.56 Å². The van der Waals surface area contributed by atoms with E-state index in [0.29, 0.717) is 15.3 Å². The van der Waals surface area contributed by atoms with Crippen molar-refractivity contribution < 1.29 is 0 Å². The van der Waals surface area contributed by atoms with Crippen LogP contribution in [0.25, 0.3) is 21.7 Å². The molecule has 3 aromatic heterocycles. The van der Waals surface area contributed by atoms with Crippen LogP contribution in [0.4, 0.5) is 0 Å². The second-order valence-electron chi connectivity index (χ2n) is 4.80. The first-order chi connectivity index (χ1) is 11.2. The second-order valence-corrected chi connectivity index (χ2v) is 7.63. The molecule has 0 radical (unpaired) electrons. The Morgan fingerprint density at radius 1 is 1.22 bits per heavy atom. The van der Waals surface area contributed by atoms with Crippen molar-refractivity contribution in [2.75, 3.05) is 6.26 Å². The molecule has 0 saturated carbocycles. The minimum Gasteiger partial charge on any atom is -0.266 e. The van der Waals surface area contributed by atoms with E-state index >= 15 is 0 Å². The highest BCUT2D eigenvalue weighted by molar-refractivity contribution is 7.98. The minimum atomic E-state index is -0.116. The fourth-order valence-corrected chi connectivity index (χ4v) is 4.16. The maximum atomic E-state index is 12.5. The van der Waals surface area contributed by atoms with Gasteiger partial charge in [0.05, 0.1) is 9.41 Å². The lowest BCUT2D eigenvalue weighted by atomic mass is 10.2. The van der Waals surface area contributed by atoms with Crippen molar-refractivity contribution >= 4 is 45.5 Å². The molecule has 3 heterocycles. The van der Waals surface area contributed by atoms with Gasteiger partial charge in [-0.25, -0.2) is 0 Å². The summed E-state index contributed by atoms with van der Waals surface area (Å²) in [7, 11) is 0. The summed E-state index contributed by atoms with van der Waals surface area (Å²) in [5.41, 5.74) is 0.886. The van der Waals surface area contributed by atoms with Crippen LogP contribution in [0.1, 0.15) is 5.56 Å². The average Bonchev–Trinajstić information content (AvgIpc) is 3.27. The molecule has 0 spiro atoms. The molecule has 0 aliphatic carbocycles. The van der Waals surface area contributed by atoms with Gasteiger partial charge in [-0.05, 0) is 41.5 Å². The van der Waals surface area contributed by atoms with E-state index in [1.54, 1.807) is 23.1 Å². The first-order valence-electron chi connectivity index (χ1n) is 6.84. The fourth-order valence-electron chi connectivity index (χ4n) is 2.20. The lowest BCUT2D eigenvalue weighted by Crippen LogP contribution is -2.23. The molecule has 0 amide bonds. The molecule has 1 aromatic carbocycles. The van der Waals surface area contributed by atoms with Gasteiger partial charge in [-0.3, -0.25) is 4.79 Å². The number of hydrogen-bond acceptors (Lipinski definition) is 6. The Morgan fingerprint density at radius 3 is 2.70 bits per heavy atom. The van der Waals surface area contributed by atoms with Crippen LogP contribution < -0.4 is 10.1 Å². The highest BCUT2D eigenvalue weighted by Crippen LogP contribution is 2.21. The Hall–Kier alpha value is -1.96. The van der Waals surface area contributed by atoms with Gasteiger partial charge in [-0.15, -0.1) is 28.2 Å². The Bertz CT molecular complexity index is 1060. The molecule has 4 aromatic rings. The molecule has 4 nitrogen and oxygen atoms in total. The third-order valence-corrected chi connectivity index (χ3v) is 5.91. The third-order valence-electron chi connectivity index (χ3n) is 3.34. The lowest BCUT2D eigenvalue weighted by Gasteiger charge is -1.95. The molecule has 23 heavy (non-hydrogen) atoms. The van der Waals surface area contributed by atoms with Crippen molar-refractivity contribution in [2.45, 2.75) is 4.90 Å². The second kappa shape index (κ2) is 5.92. The summed E-state index contributed by atoms with van der Waals surface area (Å²) in [6, 6.07) is 12.0. The zero-order chi connectivity index (χ0) is 15.8. The highest BCUT2D eigenvalue weighted by atomic mass is 32.2. The number of thiophene rings is 1. The Labute approximate surface area is 144 Å². The Balaban J connectivity index is 1.79. The van der Waals surface area contributed by atoms with Crippen molar-refractivity contribution in [3.8, 4) is 10.7 Å². The van der Waals surface area contributed by atoms with Crippen molar-refractivity contribution in [3.63, 3.8) is 0 Å². The first-order valence-corrected chi connectivity index (χ1v) is 9.76. The number of fused-ring (bicyclic) bond motifs is 1. The van der Waals surface area contributed by atoms with Gasteiger partial charge in [0.15, 0.2) is 5.82 Å². The van der Waals surface area contributed by atoms with E-state index in [1.165, 1.54) is 20.7 Å². The molecular formula is C16H11N3OS3. The van der Waals surface area contributed by atoms with Crippen LogP contribution in [-0.2, 0) is 0 Å². The zero-order valence-electron chi connectivity index (χ0n) is 12.1. The van der Waals surface area contributed by atoms with Gasteiger partial charge in [-0.2, -0.15) is 9.50 Å². The van der Waals surface area contributed by atoms with Crippen LogP contribution >= 0.6 is 34.4 Å². The largest absolute Gasteiger partial charge is 0.291 e. The number of hydrogen-bond donors (Lipinski definition) is 0. The predicted octanol–water partition coefficient (Wildman–Crippen LogP) is 3.15. The molecule has 0 fully saturated rings. The topological polar surface area (TPSA) is 47.3 Å². The molecule has 4 rings (SSSR count). The van der Waals surface area contributed by atoms with Gasteiger partial charge in [0.2, 0.25) is 4.96 Å². The van der Waals surface area contributed by atoms with E-state index in [4.69, 9.17) is 0 Å². The summed E-state index contributed by atoms with van der Waals surface area (Å²) in [5, 5.41) is 6.31. The van der Waals surface area contributed by atoms with Crippen molar-refractivity contribution in [1.82, 2.24) is 14.6 Å². The van der Waals surface area contributed by atoms with Crippen LogP contribution in [0.5, 0.6) is 0 Å². The monoisotopic (exact) mass is 357 g/mol. The summed E-state index contributed by atoms with van der Waals surface area (Å²) in [5.74, 6) is 0.610. The molecule has 0 bridgehead atoms. The van der Waals surface area contributed by atoms with Gasteiger partial charge in [-0.1, -0.05) is 29.5 Å². The number of benzene rings is 1. The minimum absolute atomic E-state index is 0.116. The van der Waals surface area contributed by atoms with E-state index in [0.717, 1.165) is 10.4 Å². The van der Waals surface area contributed by atoms with E-state index in [1.807, 2.05) is 54.1 Å². The number of thiazole rings is 1. The predicted molar refractivity (Wildman–Crippen MR) is 97.5 cm³/mol. The molecular weight excluding hydrogens is 346 g/mol. The first kappa shape index (κ1) is 14.6. The summed E-state index contributed by atoms with van der Waals surface area (Å²) in [6.45, 7) is 0. The van der Waals surface area contributed by atoms with Crippen LogP contribution in [0.15, 0.2) is 51.5 Å². The van der Waals surface area contributed by atoms with E-state index < -0.39 is 0 Å². The maximum Gasteiger partial charge on any atom is 0.291 e. The number of nitrogens with zero attached hydrogens (tertiary/aromatic N) is 3. The maximum absolute atomic E-state index is 12.5. The summed E-state index contributed by atoms with van der Waals surface area (Å²) in [6.07, 6.45) is 3.93. The molecule has 0 aliphatic heterocycles. The molecule has 7 heteroatoms. The Kier molecular flexibility index (Phi) is 3.76. The van der Waals surface area contributed by atoms with Crippen LogP contribution in [0.3, 0.4) is 0 Å². The van der Waals surface area contributed by atoms with Crippen LogP contribution in [0.2, 0.25) is 0 Å². The van der Waals surface area contributed by atoms with Crippen molar-refractivity contribution in [1.29, 1.82) is 0 Å². The molecule has 0 atom stereocenters. The number of thioether (sulfide) groups is 1. The Morgan fingerprint density at radius 2 is 2.04 bits per heavy atom. The summed E-state index contributed by atoms with van der Waals surface area (Å²) in [4.78, 5) is 19.7. The molecule has 0 N–H and O–H groups in total. The molecule has 0 aliphatic rings. The highest BCUT2D eigenvalue weighted by Gasteiger charge is 2.12. The van der Waals surface area contributed by atoms with E-state index in [2.05, 4.69) is 10.1 Å². The summed E-state index contributed by atoms with van der Waals surface area (Å²) < 4.78 is 2.04. The number of aromatic nitrogens is 3. The third kappa shape index (κ3) is 2.71. The number of rotatable bonds is 3. The summed E-state index contributed by atoms with van der Waals surface area (Å²) >= 11 is 4.63. The van der Waals surface area contributed by atoms with E-state index in [9.17, 15) is 4.79 Å². The van der Waals surface area contributed by atoms with Crippen LogP contribution in [0, 0.1) is 0 Å². The SMILES string of the molecule is CSc1ccc(C=c2sc3nc(-c4cccs4)nn3c2=O)cc1. The molecule has 114 valence electrons. The van der Waals surface area contributed by atoms with E-state index in [-0.39, 0.29) is 5.56 Å². The molecule has 0 saturated heterocycles. The smallest absolute Gasteiger partial charge is 0.266 e. The van der Waals surface area contributed by atoms with Gasteiger partial charge in [0, 0.05) is 4.90 Å². The molecule has 0 unspecified atom stereocenters. The zero-order valence-corrected chi connectivity index (χ0v) is 14.5. The fraction of sp³-hybridized carbons (Fsp3) is 0.0625. The normalized spacial score (nSPS) is 12.3.